The van der Waals surface area contributed by atoms with Gasteiger partial charge in [-0.2, -0.15) is 0 Å². The van der Waals surface area contributed by atoms with E-state index in [0.29, 0.717) is 13.0 Å². The van der Waals surface area contributed by atoms with E-state index in [1.54, 1.807) is 6.92 Å². The molecule has 0 aliphatic heterocycles. The molecule has 2 nitrogen and oxygen atoms in total. The van der Waals surface area contributed by atoms with Gasteiger partial charge in [-0.05, 0) is 13.8 Å². The molecule has 0 heterocycles. The molecule has 0 aromatic heterocycles. The molecular formula is C5H10O2. The van der Waals surface area contributed by atoms with Gasteiger partial charge in [0, 0.05) is 13.0 Å². The lowest BCUT2D eigenvalue weighted by Crippen LogP contribution is -2.07. The predicted molar refractivity (Wildman–Crippen MR) is 26.1 cm³/mol. The van der Waals surface area contributed by atoms with Gasteiger partial charge in [-0.3, -0.25) is 0 Å². The van der Waals surface area contributed by atoms with Gasteiger partial charge in [-0.25, -0.2) is 5.11 Å². The summed E-state index contributed by atoms with van der Waals surface area (Å²) in [7, 11) is 0. The van der Waals surface area contributed by atoms with Crippen molar-refractivity contribution >= 4 is 0 Å². The van der Waals surface area contributed by atoms with E-state index in [0.717, 1.165) is 0 Å². The minimum absolute atomic E-state index is 0.313. The van der Waals surface area contributed by atoms with Crippen molar-refractivity contribution in [1.29, 1.82) is 0 Å². The zero-order valence-electron chi connectivity index (χ0n) is 4.52. The van der Waals surface area contributed by atoms with E-state index in [2.05, 4.69) is 11.7 Å². The molecule has 0 bridgehead atoms. The minimum Gasteiger partial charge on any atom is -0.350 e. The van der Waals surface area contributed by atoms with Gasteiger partial charge in [0.15, 0.2) is 6.29 Å². The van der Waals surface area contributed by atoms with Crippen molar-refractivity contribution in [2.75, 3.05) is 6.61 Å². The Morgan fingerprint density at radius 2 is 2.43 bits per heavy atom. The van der Waals surface area contributed by atoms with Gasteiger partial charge in [0.1, 0.15) is 0 Å². The third kappa shape index (κ3) is 3.76. The summed E-state index contributed by atoms with van der Waals surface area (Å²) in [6, 6.07) is 0. The number of hydrogen-bond donors (Lipinski definition) is 0. The quantitative estimate of drug-likeness (QED) is 0.489. The van der Waals surface area contributed by atoms with Gasteiger partial charge >= 0.3 is 0 Å². The molecule has 0 saturated heterocycles. The molecule has 0 saturated carbocycles. The van der Waals surface area contributed by atoms with Crippen LogP contribution in [0.2, 0.25) is 0 Å². The maximum atomic E-state index is 10.2. The van der Waals surface area contributed by atoms with Gasteiger partial charge in [0.2, 0.25) is 0 Å². The molecule has 0 amide bonds. The Morgan fingerprint density at radius 1 is 1.86 bits per heavy atom. The highest BCUT2D eigenvalue weighted by molar-refractivity contribution is 4.40. The van der Waals surface area contributed by atoms with Crippen LogP contribution in [0, 0.1) is 6.92 Å². The van der Waals surface area contributed by atoms with Crippen LogP contribution in [0.15, 0.2) is 0 Å². The fourth-order valence-electron chi connectivity index (χ4n) is 0.269. The molecule has 0 aliphatic rings. The molecule has 1 unspecified atom stereocenters. The fourth-order valence-corrected chi connectivity index (χ4v) is 0.269. The van der Waals surface area contributed by atoms with Crippen LogP contribution in [0.4, 0.5) is 0 Å². The maximum Gasteiger partial charge on any atom is 0.191 e. The summed E-state index contributed by atoms with van der Waals surface area (Å²) < 4.78 is 4.57. The van der Waals surface area contributed by atoms with Gasteiger partial charge in [0.05, 0.1) is 0 Å². The molecule has 2 heteroatoms. The summed E-state index contributed by atoms with van der Waals surface area (Å²) in [5.41, 5.74) is 0. The fraction of sp³-hybridized carbons (Fsp3) is 0.800. The highest BCUT2D eigenvalue weighted by Crippen LogP contribution is 1.90. The van der Waals surface area contributed by atoms with E-state index in [4.69, 9.17) is 0 Å². The average molecular weight is 102 g/mol. The van der Waals surface area contributed by atoms with Crippen molar-refractivity contribution in [1.82, 2.24) is 0 Å². The first-order valence-electron chi connectivity index (χ1n) is 2.38. The number of hydrogen-bond acceptors (Lipinski definition) is 1. The molecule has 0 spiro atoms. The topological polar surface area (TPSA) is 29.1 Å². The van der Waals surface area contributed by atoms with Crippen LogP contribution in [0.1, 0.15) is 13.3 Å². The van der Waals surface area contributed by atoms with Crippen molar-refractivity contribution in [3.05, 3.63) is 6.92 Å². The van der Waals surface area contributed by atoms with E-state index >= 15 is 0 Å². The highest BCUT2D eigenvalue weighted by Gasteiger charge is 1.96. The molecular weight excluding hydrogens is 92.1 g/mol. The Hall–Kier alpha value is -0.0800. The SMILES string of the molecule is [CH2]CC([O])OCC. The van der Waals surface area contributed by atoms with E-state index < -0.39 is 6.29 Å². The zero-order valence-corrected chi connectivity index (χ0v) is 4.52. The Bertz CT molecular complexity index is 37.1. The first kappa shape index (κ1) is 6.92. The summed E-state index contributed by atoms with van der Waals surface area (Å²) in [6.07, 6.45) is -0.599. The van der Waals surface area contributed by atoms with Crippen LogP contribution in [0.3, 0.4) is 0 Å². The normalized spacial score (nSPS) is 14.1. The Kier molecular flexibility index (Phi) is 4.04. The average Bonchev–Trinajstić information content (AvgIpc) is 1.68. The second-order valence-corrected chi connectivity index (χ2v) is 1.17. The van der Waals surface area contributed by atoms with E-state index in [1.807, 2.05) is 0 Å². The van der Waals surface area contributed by atoms with Crippen LogP contribution in [0.25, 0.3) is 0 Å². The van der Waals surface area contributed by atoms with Crippen molar-refractivity contribution in [2.45, 2.75) is 19.6 Å². The van der Waals surface area contributed by atoms with E-state index in [1.165, 1.54) is 0 Å². The molecule has 42 valence electrons. The molecule has 0 fully saturated rings. The maximum absolute atomic E-state index is 10.2. The highest BCUT2D eigenvalue weighted by atomic mass is 16.6. The smallest absolute Gasteiger partial charge is 0.191 e. The molecule has 7 heavy (non-hydrogen) atoms. The Balaban J connectivity index is 2.83. The second kappa shape index (κ2) is 4.09. The van der Waals surface area contributed by atoms with E-state index in [-0.39, 0.29) is 0 Å². The molecule has 0 rings (SSSR count). The lowest BCUT2D eigenvalue weighted by molar-refractivity contribution is -0.133. The van der Waals surface area contributed by atoms with Gasteiger partial charge in [-0.15, -0.1) is 0 Å². The monoisotopic (exact) mass is 102 g/mol. The van der Waals surface area contributed by atoms with Crippen LogP contribution in [0.5, 0.6) is 0 Å². The van der Waals surface area contributed by atoms with Crippen molar-refractivity contribution in [2.24, 2.45) is 0 Å². The largest absolute Gasteiger partial charge is 0.350 e. The van der Waals surface area contributed by atoms with Crippen LogP contribution in [-0.2, 0) is 9.84 Å². The summed E-state index contributed by atoms with van der Waals surface area (Å²) in [5.74, 6) is 0. The lowest BCUT2D eigenvalue weighted by Gasteiger charge is -2.01. The predicted octanol–water partition coefficient (Wildman–Crippen LogP) is 1.00. The third-order valence-corrected chi connectivity index (χ3v) is 0.588. The van der Waals surface area contributed by atoms with Gasteiger partial charge < -0.3 is 4.74 Å². The third-order valence-electron chi connectivity index (χ3n) is 0.588. The van der Waals surface area contributed by atoms with Crippen LogP contribution >= 0.6 is 0 Å². The number of rotatable bonds is 3. The molecule has 0 aromatic carbocycles. The lowest BCUT2D eigenvalue weighted by atomic mass is 10.5. The summed E-state index contributed by atoms with van der Waals surface area (Å²) >= 11 is 0. The second-order valence-electron chi connectivity index (χ2n) is 1.17. The van der Waals surface area contributed by atoms with Gasteiger partial charge in [0.25, 0.3) is 0 Å². The Labute approximate surface area is 44.1 Å². The Morgan fingerprint density at radius 3 is 2.57 bits per heavy atom. The van der Waals surface area contributed by atoms with Crippen molar-refractivity contribution in [3.8, 4) is 0 Å². The van der Waals surface area contributed by atoms with Gasteiger partial charge in [-0.1, -0.05) is 0 Å². The summed E-state index contributed by atoms with van der Waals surface area (Å²) in [4.78, 5) is 0. The summed E-state index contributed by atoms with van der Waals surface area (Å²) in [6.45, 7) is 5.65. The minimum atomic E-state index is -0.912. The molecule has 0 N–H and O–H groups in total. The molecule has 0 aromatic rings. The van der Waals surface area contributed by atoms with Crippen molar-refractivity contribution < 1.29 is 9.84 Å². The van der Waals surface area contributed by atoms with Crippen LogP contribution < -0.4 is 0 Å². The molecule has 0 aliphatic carbocycles. The standard InChI is InChI=1S/C5H10O2/c1-3-5(6)7-4-2/h5H,1,3-4H2,2H3. The van der Waals surface area contributed by atoms with Crippen LogP contribution in [-0.4, -0.2) is 12.9 Å². The van der Waals surface area contributed by atoms with Crippen molar-refractivity contribution in [3.63, 3.8) is 0 Å². The molecule has 2 radical (unpaired) electrons. The zero-order chi connectivity index (χ0) is 5.70. The summed E-state index contributed by atoms with van der Waals surface area (Å²) in [5, 5.41) is 10.2. The van der Waals surface area contributed by atoms with E-state index in [9.17, 15) is 5.11 Å². The molecule has 1 atom stereocenters. The first-order chi connectivity index (χ1) is 3.31. The first-order valence-corrected chi connectivity index (χ1v) is 2.38. The number of ether oxygens (including phenoxy) is 1.